The van der Waals surface area contributed by atoms with Crippen molar-refractivity contribution in [3.63, 3.8) is 0 Å². The summed E-state index contributed by atoms with van der Waals surface area (Å²) in [7, 11) is 0. The van der Waals surface area contributed by atoms with Crippen molar-refractivity contribution in [1.82, 2.24) is 14.8 Å². The molecule has 2 aromatic rings. The number of carbonyl (C=O) groups excluding carboxylic acids is 2. The van der Waals surface area contributed by atoms with Crippen LogP contribution in [0.1, 0.15) is 58.2 Å². The van der Waals surface area contributed by atoms with Crippen LogP contribution in [0.4, 0.5) is 0 Å². The van der Waals surface area contributed by atoms with Crippen LogP contribution in [-0.2, 0) is 4.79 Å². The highest BCUT2D eigenvalue weighted by Gasteiger charge is 2.44. The normalized spacial score (nSPS) is 19.1. The largest absolute Gasteiger partial charge is 0.503 e. The summed E-state index contributed by atoms with van der Waals surface area (Å²) >= 11 is 1.29. The van der Waals surface area contributed by atoms with Crippen LogP contribution in [0.25, 0.3) is 0 Å². The summed E-state index contributed by atoms with van der Waals surface area (Å²) in [6.07, 6.45) is 3.19. The molecule has 2 aliphatic heterocycles. The molecule has 176 valence electrons. The molecule has 4 rings (SSSR count). The van der Waals surface area contributed by atoms with Crippen LogP contribution in [0, 0.1) is 13.8 Å². The van der Waals surface area contributed by atoms with Crippen molar-refractivity contribution in [2.75, 3.05) is 32.8 Å². The number of ketones is 1. The number of rotatable bonds is 9. The monoisotopic (exact) mass is 469 g/mol. The van der Waals surface area contributed by atoms with Gasteiger partial charge in [-0.3, -0.25) is 9.59 Å². The Balaban J connectivity index is 1.71. The first-order valence-electron chi connectivity index (χ1n) is 11.6. The van der Waals surface area contributed by atoms with Gasteiger partial charge in [0.2, 0.25) is 5.78 Å². The van der Waals surface area contributed by atoms with E-state index in [4.69, 9.17) is 4.74 Å². The van der Waals surface area contributed by atoms with Crippen LogP contribution < -0.4 is 4.74 Å². The van der Waals surface area contributed by atoms with E-state index >= 15 is 0 Å². The highest BCUT2D eigenvalue weighted by Crippen LogP contribution is 2.40. The Morgan fingerprint density at radius 1 is 1.24 bits per heavy atom. The molecule has 1 aromatic carbocycles. The number of ether oxygens (including phenoxy) is 1. The smallest absolute Gasteiger partial charge is 0.290 e. The van der Waals surface area contributed by atoms with Crippen LogP contribution in [-0.4, -0.2) is 64.4 Å². The van der Waals surface area contributed by atoms with E-state index < -0.39 is 17.7 Å². The molecule has 1 unspecified atom stereocenters. The van der Waals surface area contributed by atoms with Crippen molar-refractivity contribution in [2.24, 2.45) is 0 Å². The minimum absolute atomic E-state index is 0.126. The van der Waals surface area contributed by atoms with E-state index in [2.05, 4.69) is 9.88 Å². The molecule has 2 aliphatic rings. The Morgan fingerprint density at radius 2 is 2.00 bits per heavy atom. The summed E-state index contributed by atoms with van der Waals surface area (Å²) < 4.78 is 5.81. The highest BCUT2D eigenvalue weighted by atomic mass is 32.1. The number of nitrogens with zero attached hydrogens (tertiary/aromatic N) is 3. The van der Waals surface area contributed by atoms with E-state index in [0.29, 0.717) is 36.0 Å². The molecular formula is C25H31N3O4S. The van der Waals surface area contributed by atoms with Gasteiger partial charge in [0.25, 0.3) is 5.91 Å². The van der Waals surface area contributed by atoms with Gasteiger partial charge in [0.15, 0.2) is 5.76 Å². The second kappa shape index (κ2) is 10.1. The van der Waals surface area contributed by atoms with Gasteiger partial charge in [0.05, 0.1) is 33.8 Å². The summed E-state index contributed by atoms with van der Waals surface area (Å²) in [5.41, 5.74) is 1.50. The molecule has 8 heteroatoms. The van der Waals surface area contributed by atoms with Gasteiger partial charge in [-0.1, -0.05) is 19.1 Å². The van der Waals surface area contributed by atoms with Crippen molar-refractivity contribution in [3.05, 3.63) is 56.7 Å². The average molecular weight is 470 g/mol. The molecule has 1 saturated heterocycles. The minimum Gasteiger partial charge on any atom is -0.503 e. The first-order valence-corrected chi connectivity index (χ1v) is 12.4. The van der Waals surface area contributed by atoms with E-state index in [1.165, 1.54) is 11.3 Å². The number of carbonyl (C=O) groups is 2. The number of aliphatic hydroxyl groups excluding tert-OH is 1. The zero-order chi connectivity index (χ0) is 23.5. The van der Waals surface area contributed by atoms with Gasteiger partial charge in [-0.05, 0) is 63.9 Å². The number of hydrogen-bond acceptors (Lipinski definition) is 7. The second-order valence-corrected chi connectivity index (χ2v) is 9.81. The maximum absolute atomic E-state index is 13.6. The molecule has 0 aliphatic carbocycles. The number of aromatic nitrogens is 1. The summed E-state index contributed by atoms with van der Waals surface area (Å²) in [6, 6.07) is 6.82. The lowest BCUT2D eigenvalue weighted by molar-refractivity contribution is -0.129. The third kappa shape index (κ3) is 4.82. The Kier molecular flexibility index (Phi) is 7.14. The van der Waals surface area contributed by atoms with E-state index in [-0.39, 0.29) is 11.4 Å². The Labute approximate surface area is 198 Å². The predicted molar refractivity (Wildman–Crippen MR) is 128 cm³/mol. The summed E-state index contributed by atoms with van der Waals surface area (Å²) in [5, 5.41) is 11.7. The van der Waals surface area contributed by atoms with Gasteiger partial charge in [0, 0.05) is 13.1 Å². The van der Waals surface area contributed by atoms with Gasteiger partial charge in [-0.25, -0.2) is 4.98 Å². The van der Waals surface area contributed by atoms with Gasteiger partial charge in [-0.15, -0.1) is 11.3 Å². The Morgan fingerprint density at radius 3 is 2.67 bits per heavy atom. The number of Topliss-reactive ketones (excluding diaryl/α,β-unsaturated/α-hetero) is 1. The number of likely N-dealkylation sites (tertiary alicyclic amines) is 1. The fourth-order valence-electron chi connectivity index (χ4n) is 4.58. The maximum atomic E-state index is 13.6. The second-order valence-electron chi connectivity index (χ2n) is 8.61. The number of amides is 1. The van der Waals surface area contributed by atoms with Gasteiger partial charge in [0.1, 0.15) is 5.75 Å². The van der Waals surface area contributed by atoms with E-state index in [0.717, 1.165) is 42.9 Å². The molecule has 7 nitrogen and oxygen atoms in total. The highest BCUT2D eigenvalue weighted by molar-refractivity contribution is 7.14. The lowest BCUT2D eigenvalue weighted by atomic mass is 9.95. The first kappa shape index (κ1) is 23.4. The minimum atomic E-state index is -0.667. The first-order chi connectivity index (χ1) is 15.9. The molecule has 3 heterocycles. The molecule has 0 bridgehead atoms. The van der Waals surface area contributed by atoms with Crippen molar-refractivity contribution in [3.8, 4) is 5.75 Å². The topological polar surface area (TPSA) is 83.0 Å². The van der Waals surface area contributed by atoms with Gasteiger partial charge in [-0.2, -0.15) is 0 Å². The van der Waals surface area contributed by atoms with Crippen molar-refractivity contribution >= 4 is 23.0 Å². The number of benzene rings is 1. The zero-order valence-electron chi connectivity index (χ0n) is 19.5. The third-order valence-corrected chi connectivity index (χ3v) is 7.23. The molecule has 1 aromatic heterocycles. The average Bonchev–Trinajstić information content (AvgIpc) is 3.50. The number of thiazole rings is 1. The Bertz CT molecular complexity index is 1070. The SMILES string of the molecule is CCCOc1cccc(C2C(C(=O)c3sc(C)nc3C)=C(O)C(=O)N2CCN2CCCC2)c1. The number of aryl methyl sites for hydroxylation is 2. The lowest BCUT2D eigenvalue weighted by Gasteiger charge is -2.29. The number of aliphatic hydroxyl groups is 1. The van der Waals surface area contributed by atoms with E-state index in [1.807, 2.05) is 38.1 Å². The Hall–Kier alpha value is -2.71. The molecule has 33 heavy (non-hydrogen) atoms. The molecule has 1 amide bonds. The molecule has 1 atom stereocenters. The standard InChI is InChI=1S/C25H31N3O4S/c1-4-14-32-19-9-7-8-18(15-19)21-20(22(29)24-16(2)26-17(3)33-24)23(30)25(31)28(21)13-12-27-10-5-6-11-27/h7-9,15,21,30H,4-6,10-14H2,1-3H3. The molecule has 0 spiro atoms. The van der Waals surface area contributed by atoms with Gasteiger partial charge < -0.3 is 19.6 Å². The fraction of sp³-hybridized carbons (Fsp3) is 0.480. The molecule has 0 saturated carbocycles. The van der Waals surface area contributed by atoms with Crippen LogP contribution >= 0.6 is 11.3 Å². The van der Waals surface area contributed by atoms with Crippen molar-refractivity contribution in [1.29, 1.82) is 0 Å². The molecule has 0 radical (unpaired) electrons. The fourth-order valence-corrected chi connectivity index (χ4v) is 5.45. The summed E-state index contributed by atoms with van der Waals surface area (Å²) in [6.45, 7) is 9.41. The van der Waals surface area contributed by atoms with Crippen LogP contribution in [0.3, 0.4) is 0 Å². The number of hydrogen-bond donors (Lipinski definition) is 1. The van der Waals surface area contributed by atoms with Gasteiger partial charge >= 0.3 is 0 Å². The molecule has 1 N–H and O–H groups in total. The lowest BCUT2D eigenvalue weighted by Crippen LogP contribution is -2.37. The van der Waals surface area contributed by atoms with Crippen LogP contribution in [0.2, 0.25) is 0 Å². The van der Waals surface area contributed by atoms with Crippen molar-refractivity contribution in [2.45, 2.75) is 46.1 Å². The summed E-state index contributed by atoms with van der Waals surface area (Å²) in [5.74, 6) is -0.611. The quantitative estimate of drug-likeness (QED) is 0.554. The van der Waals surface area contributed by atoms with Crippen molar-refractivity contribution < 1.29 is 19.4 Å². The predicted octanol–water partition coefficient (Wildman–Crippen LogP) is 4.22. The maximum Gasteiger partial charge on any atom is 0.290 e. The summed E-state index contributed by atoms with van der Waals surface area (Å²) in [4.78, 5) is 35.6. The third-order valence-electron chi connectivity index (χ3n) is 6.16. The zero-order valence-corrected chi connectivity index (χ0v) is 20.3. The van der Waals surface area contributed by atoms with Crippen LogP contribution in [0.15, 0.2) is 35.6 Å². The van der Waals surface area contributed by atoms with E-state index in [1.54, 1.807) is 11.8 Å². The van der Waals surface area contributed by atoms with E-state index in [9.17, 15) is 14.7 Å². The molecular weight excluding hydrogens is 438 g/mol. The van der Waals surface area contributed by atoms with Crippen LogP contribution in [0.5, 0.6) is 5.75 Å². The molecule has 1 fully saturated rings.